The molecule has 432 valence electrons. The third-order valence-electron chi connectivity index (χ3n) is 11.1. The molecule has 1 aromatic rings. The van der Waals surface area contributed by atoms with Crippen LogP contribution in [-0.4, -0.2) is 63.9 Å². The molecule has 0 aliphatic carbocycles. The Morgan fingerprint density at radius 1 is 0.767 bits per heavy atom. The first-order valence-electron chi connectivity index (χ1n) is 27.5. The van der Waals surface area contributed by atoms with Gasteiger partial charge in [0.05, 0.1) is 0 Å². The summed E-state index contributed by atoms with van der Waals surface area (Å²) in [5, 5.41) is 2.93. The molecular weight excluding hydrogens is 1150 g/mol. The Morgan fingerprint density at radius 3 is 1.67 bits per heavy atom. The second-order valence-corrected chi connectivity index (χ2v) is 16.3. The van der Waals surface area contributed by atoms with E-state index in [9.17, 15) is 19.2 Å². The monoisotopic (exact) mass is 1270 g/mol. The van der Waals surface area contributed by atoms with Gasteiger partial charge in [0, 0.05) is 57.1 Å². The molecule has 0 saturated heterocycles. The maximum absolute atomic E-state index is 11.6. The van der Waals surface area contributed by atoms with Gasteiger partial charge in [-0.25, -0.2) is 0 Å². The van der Waals surface area contributed by atoms with Crippen LogP contribution in [0.15, 0.2) is 65.4 Å². The topological polar surface area (TPSA) is 98.8 Å². The minimum atomic E-state index is 0.157. The van der Waals surface area contributed by atoms with Crippen LogP contribution in [0.3, 0.4) is 0 Å². The van der Waals surface area contributed by atoms with Gasteiger partial charge < -0.3 is 24.4 Å². The van der Waals surface area contributed by atoms with Gasteiger partial charge in [-0.1, -0.05) is 146 Å². The van der Waals surface area contributed by atoms with E-state index >= 15 is 0 Å². The van der Waals surface area contributed by atoms with Crippen LogP contribution in [0.5, 0.6) is 0 Å². The fourth-order valence-electron chi connectivity index (χ4n) is 6.84. The molecule has 73 heavy (non-hydrogen) atoms. The van der Waals surface area contributed by atoms with E-state index in [0.29, 0.717) is 18.3 Å². The molecule has 3 atom stereocenters. The first kappa shape index (κ1) is 91.0. The number of thiol groups is 3. The van der Waals surface area contributed by atoms with Crippen LogP contribution < -0.4 is 5.32 Å². The Balaban J connectivity index is -0.000000104. The van der Waals surface area contributed by atoms with Crippen molar-refractivity contribution in [3.63, 3.8) is 0 Å². The molecule has 0 aliphatic heterocycles. The molecule has 0 radical (unpaired) electrons. The molecule has 7 nitrogen and oxygen atoms in total. The van der Waals surface area contributed by atoms with Crippen molar-refractivity contribution in [2.75, 3.05) is 39.7 Å². The average molecular weight is 1270 g/mol. The van der Waals surface area contributed by atoms with Gasteiger partial charge in [0.2, 0.25) is 0 Å². The van der Waals surface area contributed by atoms with Crippen LogP contribution in [0.25, 0.3) is 0 Å². The summed E-state index contributed by atoms with van der Waals surface area (Å²) in [6, 6.07) is 6.10. The van der Waals surface area contributed by atoms with E-state index < -0.39 is 0 Å². The zero-order valence-electron chi connectivity index (χ0n) is 50.9. The van der Waals surface area contributed by atoms with Crippen molar-refractivity contribution < 1.29 is 46.6 Å². The quantitative estimate of drug-likeness (QED) is 0.00853. The normalized spacial score (nSPS) is 11.1. The van der Waals surface area contributed by atoms with Gasteiger partial charge in [-0.2, -0.15) is 12.6 Å². The molecule has 1 aromatic carbocycles. The summed E-state index contributed by atoms with van der Waals surface area (Å²) in [5.41, 5.74) is 9.12. The third-order valence-corrected chi connectivity index (χ3v) is 11.1. The van der Waals surface area contributed by atoms with Crippen LogP contribution in [0.1, 0.15) is 236 Å². The van der Waals surface area contributed by atoms with Crippen molar-refractivity contribution in [3.05, 3.63) is 82.1 Å². The van der Waals surface area contributed by atoms with Crippen molar-refractivity contribution in [1.82, 2.24) is 5.32 Å². The van der Waals surface area contributed by atoms with Crippen LogP contribution in [-0.2, 0) is 54.7 Å². The Labute approximate surface area is 485 Å². The van der Waals surface area contributed by atoms with Crippen LogP contribution in [0.2, 0.25) is 0 Å². The molecule has 0 spiro atoms. The molecule has 0 aromatic heterocycles. The average Bonchev–Trinajstić information content (AvgIpc) is 3.43. The molecule has 0 amide bonds. The van der Waals surface area contributed by atoms with Crippen molar-refractivity contribution in [1.29, 1.82) is 0 Å². The van der Waals surface area contributed by atoms with Crippen LogP contribution in [0, 0.1) is 17.8 Å². The molecule has 3 unspecified atom stereocenters. The summed E-state index contributed by atoms with van der Waals surface area (Å²) in [4.78, 5) is 43.4. The number of rotatable bonds is 31. The van der Waals surface area contributed by atoms with E-state index in [1.807, 2.05) is 74.6 Å². The number of carbonyl (C=O) groups excluding carboxylic acids is 4. The van der Waals surface area contributed by atoms with Gasteiger partial charge in [0.15, 0.2) is 11.6 Å². The van der Waals surface area contributed by atoms with Crippen molar-refractivity contribution in [3.8, 4) is 0 Å². The second kappa shape index (κ2) is 77.0. The number of carbonyl (C=O) groups is 4. The number of unbranched alkanes of at least 4 members (excludes halogenated alkanes) is 3. The first-order chi connectivity index (χ1) is 35.1. The predicted octanol–water partition coefficient (Wildman–Crippen LogP) is 19.0. The molecule has 0 saturated carbocycles. The Morgan fingerprint density at radius 2 is 1.29 bits per heavy atom. The number of nitrogens with one attached hydrogen (secondary N) is 1. The number of aldehydes is 2. The first-order valence-corrected chi connectivity index (χ1v) is 33.9. The maximum atomic E-state index is 11.6. The molecule has 0 aliphatic rings. The van der Waals surface area contributed by atoms with E-state index in [0.717, 1.165) is 133 Å². The van der Waals surface area contributed by atoms with Gasteiger partial charge in [-0.3, -0.25) is 9.59 Å². The number of hydrogen-bond donors (Lipinski definition) is 4. The molecule has 1 rings (SSSR count). The molecule has 0 heterocycles. The van der Waals surface area contributed by atoms with E-state index in [1.165, 1.54) is 65.1 Å². The van der Waals surface area contributed by atoms with E-state index in [1.54, 1.807) is 20.1 Å². The zero-order chi connectivity index (χ0) is 59.0. The molecule has 0 bridgehead atoms. The number of aryl methyl sites for hydroxylation is 1. The summed E-state index contributed by atoms with van der Waals surface area (Å²) < 4.78 is 11.2. The fourth-order valence-corrected chi connectivity index (χ4v) is 6.84. The predicted molar refractivity (Wildman–Crippen MR) is 337 cm³/mol. The number of allylic oxidation sites excluding steroid dienone is 6. The van der Waals surface area contributed by atoms with E-state index in [2.05, 4.69) is 132 Å². The summed E-state index contributed by atoms with van der Waals surface area (Å²) in [5.74, 6) is 1.70. The number of hydrogen-bond acceptors (Lipinski definition) is 11. The van der Waals surface area contributed by atoms with Gasteiger partial charge >= 0.3 is 27.8 Å². The molecule has 1 N–H and O–H groups in total. The summed E-state index contributed by atoms with van der Waals surface area (Å²) in [7, 11) is 6.01. The Bertz CT molecular complexity index is 1450. The van der Waals surface area contributed by atoms with Gasteiger partial charge in [0.1, 0.15) is 12.6 Å². The van der Waals surface area contributed by atoms with Gasteiger partial charge in [-0.15, -0.1) is 23.3 Å². The summed E-state index contributed by atoms with van der Waals surface area (Å²) >= 11 is 11.1. The number of ketones is 2. The van der Waals surface area contributed by atoms with Crippen molar-refractivity contribution >= 4 is 69.9 Å². The van der Waals surface area contributed by atoms with Crippen LogP contribution in [0.4, 0.5) is 0 Å². The van der Waals surface area contributed by atoms with Gasteiger partial charge in [0.25, 0.3) is 0 Å². The zero-order valence-corrected chi connectivity index (χ0v) is 57.3. The second-order valence-electron chi connectivity index (χ2n) is 16.3. The summed E-state index contributed by atoms with van der Waals surface area (Å²) in [6.45, 7) is 47.3. The standard InChI is InChI=1S/C21H38O3.C14H20O.C11H20O.C8H15NO.3C2H6.CH4S.H2S2.S.W/c1-6-14-23-15-10-9-11-16-24-17-12-13-20(7-2)21(8-3)18(4)19(5)22;1-4-6-8-12-9-7-10-14(11(3)15)13(12)5-2;1-5-10(4)11(9(2)3)7-6-8-12;1-7(6-10)4-5-8(2)9-3;5*1-2;;/h7H,6,8-17H2,1-5H3;7,9-10H,4-6,8H2,1-3H3;8,10-11H,2,5-7H2,1,3-4H3;6-7,9H,2,4-5H2,1,3H3;3*1-2H3;2H,1H3;1-2H;;/b20-7-,21-18+;;;;;;;;;;. The minimum absolute atomic E-state index is 0.157. The molecule has 0 fully saturated rings. The van der Waals surface area contributed by atoms with Crippen molar-refractivity contribution in [2.45, 2.75) is 227 Å². The third kappa shape index (κ3) is 59.6. The molecular formula is C61H117NO6S4W. The van der Waals surface area contributed by atoms with E-state index in [4.69, 9.17) is 9.47 Å². The Kier molecular flexibility index (Phi) is 96.1. The fraction of sp³-hybridized carbons (Fsp3) is 0.705. The number of ether oxygens (including phenoxy) is 2. The van der Waals surface area contributed by atoms with Crippen LogP contribution >= 0.6 is 45.8 Å². The SMILES string of the molecule is C/C=C(CCCOCCCCCOCCC)\C(CC)=C(/C)C(C)=O.C=C(C)C(CCC=O)C(C)CC.C=C(CCC(C)C=O)NC.CC.CC.CC.CCCCc1cccc(C(C)=O)c1CC.CS.SS.[S]=[W]. The summed E-state index contributed by atoms with van der Waals surface area (Å²) in [6.07, 6.45) is 22.2. The van der Waals surface area contributed by atoms with E-state index in [-0.39, 0.29) is 17.5 Å². The number of benzene rings is 1. The van der Waals surface area contributed by atoms with Crippen molar-refractivity contribution in [2.24, 2.45) is 17.8 Å². The number of Topliss-reactive ketones (excluding diaryl/α,β-unsaturated/α-hetero) is 2. The van der Waals surface area contributed by atoms with Gasteiger partial charge in [-0.05, 0) is 164 Å². The Hall–Kier alpha value is -1.46. The molecule has 12 heteroatoms.